The lowest BCUT2D eigenvalue weighted by atomic mass is 9.98. The van der Waals surface area contributed by atoms with Gasteiger partial charge in [-0.2, -0.15) is 0 Å². The molecule has 204 valence electrons. The van der Waals surface area contributed by atoms with E-state index in [9.17, 15) is 34.7 Å². The molecule has 39 heavy (non-hydrogen) atoms. The van der Waals surface area contributed by atoms with Crippen LogP contribution in [0, 0.1) is 10.1 Å². The van der Waals surface area contributed by atoms with Crippen molar-refractivity contribution in [2.24, 2.45) is 0 Å². The van der Waals surface area contributed by atoms with E-state index < -0.39 is 62.6 Å². The molecule has 5 rings (SSSR count). The number of nitrogens with zero attached hydrogens (tertiary/aromatic N) is 4. The predicted molar refractivity (Wildman–Crippen MR) is 139 cm³/mol. The molecule has 13 heteroatoms. The molecule has 0 spiro atoms. The van der Waals surface area contributed by atoms with Gasteiger partial charge in [-0.05, 0) is 43.5 Å². The molecule has 3 aliphatic heterocycles. The Labute approximate surface area is 227 Å². The molecule has 2 fully saturated rings. The number of hydrogen-bond donors (Lipinski definition) is 2. The van der Waals surface area contributed by atoms with E-state index in [0.29, 0.717) is 11.3 Å². The van der Waals surface area contributed by atoms with Crippen LogP contribution in [0.4, 0.5) is 0 Å². The molecule has 2 saturated heterocycles. The zero-order valence-electron chi connectivity index (χ0n) is 21.3. The molecule has 2 aromatic rings. The van der Waals surface area contributed by atoms with E-state index in [4.69, 9.17) is 4.74 Å². The van der Waals surface area contributed by atoms with Crippen molar-refractivity contribution in [3.05, 3.63) is 87.3 Å². The second-order valence-corrected chi connectivity index (χ2v) is 11.2. The number of nitro groups is 1. The fraction of sp³-hybridized carbons (Fsp3) is 0.346. The Morgan fingerprint density at radius 3 is 2.31 bits per heavy atom. The number of carboxylic acid groups (broad SMARTS) is 1. The van der Waals surface area contributed by atoms with Crippen molar-refractivity contribution < 1.29 is 34.4 Å². The molecular formula is C26H26N4O8S. The van der Waals surface area contributed by atoms with Gasteiger partial charge in [-0.25, -0.2) is 14.9 Å². The normalized spacial score (nSPS) is 25.9. The minimum absolute atomic E-state index is 0.244. The van der Waals surface area contributed by atoms with Crippen molar-refractivity contribution in [1.82, 2.24) is 14.8 Å². The number of thioether (sulfide) groups is 1. The molecule has 0 bridgehead atoms. The number of amides is 2. The Bertz CT molecular complexity index is 1380. The first-order valence-electron chi connectivity index (χ1n) is 12.1. The molecule has 12 nitrogen and oxygen atoms in total. The standard InChI is InChI=1S/C26H26N4O8S/c1-26(2)28(23(33)18(29(26)30(36)37)15-7-5-4-6-8-15)20-22(32)27-19(25(34)35)21(31)17(39-24(20)27)13-14-9-11-16(38-3)12-10-14/h4-12,17-18,20,24,31H,13H2,1-3H3,(H,34,35)/t17?,18?,20?,24-/m1/s1. The molecule has 0 saturated carbocycles. The number of benzene rings is 2. The number of hydrazine groups is 1. The third-order valence-corrected chi connectivity index (χ3v) is 8.79. The first kappa shape index (κ1) is 26.4. The van der Waals surface area contributed by atoms with Gasteiger partial charge >= 0.3 is 5.97 Å². The number of aliphatic hydroxyl groups is 1. The summed E-state index contributed by atoms with van der Waals surface area (Å²) < 4.78 is 5.17. The largest absolute Gasteiger partial charge is 0.509 e. The zero-order valence-corrected chi connectivity index (χ0v) is 22.1. The highest BCUT2D eigenvalue weighted by atomic mass is 32.2. The van der Waals surface area contributed by atoms with Crippen LogP contribution in [-0.4, -0.2) is 77.3 Å². The third-order valence-electron chi connectivity index (χ3n) is 7.33. The van der Waals surface area contributed by atoms with Crippen LogP contribution in [0.2, 0.25) is 0 Å². The first-order valence-corrected chi connectivity index (χ1v) is 13.0. The fourth-order valence-electron chi connectivity index (χ4n) is 5.52. The minimum Gasteiger partial charge on any atom is -0.509 e. The van der Waals surface area contributed by atoms with E-state index in [1.54, 1.807) is 54.6 Å². The Kier molecular flexibility index (Phi) is 6.41. The summed E-state index contributed by atoms with van der Waals surface area (Å²) in [5.74, 6) is -2.66. The van der Waals surface area contributed by atoms with Crippen molar-refractivity contribution in [2.75, 3.05) is 7.11 Å². The summed E-state index contributed by atoms with van der Waals surface area (Å²) in [5, 5.41) is 31.6. The number of aliphatic carboxylic acids is 1. The van der Waals surface area contributed by atoms with Gasteiger partial charge in [0.25, 0.3) is 11.8 Å². The lowest BCUT2D eigenvalue weighted by molar-refractivity contribution is -0.680. The van der Waals surface area contributed by atoms with E-state index in [1.807, 2.05) is 0 Å². The Hall–Kier alpha value is -4.26. The number of rotatable bonds is 7. The van der Waals surface area contributed by atoms with Crippen LogP contribution in [0.15, 0.2) is 66.1 Å². The van der Waals surface area contributed by atoms with E-state index >= 15 is 0 Å². The lowest BCUT2D eigenvalue weighted by Crippen LogP contribution is -2.74. The van der Waals surface area contributed by atoms with Crippen LogP contribution >= 0.6 is 11.8 Å². The molecule has 2 N–H and O–H groups in total. The number of aliphatic hydroxyl groups excluding tert-OH is 1. The Morgan fingerprint density at radius 2 is 1.74 bits per heavy atom. The second kappa shape index (κ2) is 9.49. The van der Waals surface area contributed by atoms with Crippen LogP contribution in [0.5, 0.6) is 5.75 Å². The van der Waals surface area contributed by atoms with Gasteiger partial charge < -0.3 is 14.9 Å². The summed E-state index contributed by atoms with van der Waals surface area (Å²) >= 11 is 1.14. The summed E-state index contributed by atoms with van der Waals surface area (Å²) in [6, 6.07) is 12.9. The van der Waals surface area contributed by atoms with Crippen molar-refractivity contribution in [3.63, 3.8) is 0 Å². The smallest absolute Gasteiger partial charge is 0.356 e. The van der Waals surface area contributed by atoms with Crippen molar-refractivity contribution in [1.29, 1.82) is 0 Å². The molecular weight excluding hydrogens is 528 g/mol. The van der Waals surface area contributed by atoms with E-state index in [-0.39, 0.29) is 6.42 Å². The number of carboxylic acids is 1. The number of hydrogen-bond acceptors (Lipinski definition) is 8. The van der Waals surface area contributed by atoms with Crippen LogP contribution < -0.4 is 4.74 Å². The SMILES string of the molecule is COc1ccc(CC2S[C@@H]3C(N4C(=O)C(c5ccccc5)N([N+](=O)[O-])C4(C)C)C(=O)N3C(C(=O)O)=C2O)cc1. The van der Waals surface area contributed by atoms with Crippen LogP contribution in [0.1, 0.15) is 31.0 Å². The number of β-lactam (4-membered cyclic amide) rings is 1. The van der Waals surface area contributed by atoms with Gasteiger partial charge in [0, 0.05) is 0 Å². The van der Waals surface area contributed by atoms with Crippen molar-refractivity contribution >= 4 is 29.5 Å². The quantitative estimate of drug-likeness (QED) is 0.296. The van der Waals surface area contributed by atoms with Crippen LogP contribution in [0.25, 0.3) is 0 Å². The average Bonchev–Trinajstić information content (AvgIpc) is 3.11. The number of carbonyl (C=O) groups excluding carboxylic acids is 2. The highest BCUT2D eigenvalue weighted by molar-refractivity contribution is 8.00. The number of fused-ring (bicyclic) bond motifs is 1. The molecule has 0 radical (unpaired) electrons. The molecule has 0 aliphatic carbocycles. The second-order valence-electron chi connectivity index (χ2n) is 9.86. The van der Waals surface area contributed by atoms with Gasteiger partial charge in [0.1, 0.15) is 22.9 Å². The Balaban J connectivity index is 1.51. The van der Waals surface area contributed by atoms with E-state index in [0.717, 1.165) is 27.2 Å². The lowest BCUT2D eigenvalue weighted by Gasteiger charge is -2.54. The van der Waals surface area contributed by atoms with Gasteiger partial charge in [0.2, 0.25) is 0 Å². The summed E-state index contributed by atoms with van der Waals surface area (Å²) in [4.78, 5) is 53.8. The van der Waals surface area contributed by atoms with Gasteiger partial charge in [0.15, 0.2) is 22.4 Å². The van der Waals surface area contributed by atoms with Crippen LogP contribution in [-0.2, 0) is 20.8 Å². The number of ether oxygens (including phenoxy) is 1. The van der Waals surface area contributed by atoms with E-state index in [1.165, 1.54) is 25.9 Å². The molecule has 3 unspecified atom stereocenters. The van der Waals surface area contributed by atoms with Crippen molar-refractivity contribution in [3.8, 4) is 5.75 Å². The third kappa shape index (κ3) is 4.04. The molecule has 2 amide bonds. The summed E-state index contributed by atoms with van der Waals surface area (Å²) in [6.07, 6.45) is 0.244. The monoisotopic (exact) mass is 554 g/mol. The Morgan fingerprint density at radius 1 is 1.10 bits per heavy atom. The highest BCUT2D eigenvalue weighted by Gasteiger charge is 2.68. The van der Waals surface area contributed by atoms with Crippen LogP contribution in [0.3, 0.4) is 0 Å². The molecule has 3 heterocycles. The topological polar surface area (TPSA) is 154 Å². The van der Waals surface area contributed by atoms with Gasteiger partial charge in [0.05, 0.1) is 12.4 Å². The van der Waals surface area contributed by atoms with Gasteiger partial charge in [-0.1, -0.05) is 47.5 Å². The number of methoxy groups -OCH3 is 1. The summed E-state index contributed by atoms with van der Waals surface area (Å²) in [6.45, 7) is 2.97. The number of carbonyl (C=O) groups is 3. The molecule has 3 aliphatic rings. The van der Waals surface area contributed by atoms with E-state index in [2.05, 4.69) is 0 Å². The minimum atomic E-state index is -1.52. The zero-order chi connectivity index (χ0) is 28.2. The molecule has 4 atom stereocenters. The van der Waals surface area contributed by atoms with Crippen molar-refractivity contribution in [2.45, 2.75) is 48.6 Å². The van der Waals surface area contributed by atoms with Gasteiger partial charge in [-0.15, -0.1) is 11.8 Å². The molecule has 2 aromatic carbocycles. The predicted octanol–water partition coefficient (Wildman–Crippen LogP) is 2.56. The summed E-state index contributed by atoms with van der Waals surface area (Å²) in [5.41, 5.74) is -0.877. The highest BCUT2D eigenvalue weighted by Crippen LogP contribution is 2.51. The molecule has 0 aromatic heterocycles. The first-order chi connectivity index (χ1) is 18.5. The summed E-state index contributed by atoms with van der Waals surface area (Å²) in [7, 11) is 1.53. The maximum Gasteiger partial charge on any atom is 0.356 e. The maximum absolute atomic E-state index is 13.8. The maximum atomic E-state index is 13.8. The van der Waals surface area contributed by atoms with Gasteiger partial charge in [-0.3, -0.25) is 19.4 Å². The average molecular weight is 555 g/mol. The fourth-order valence-corrected chi connectivity index (χ4v) is 7.11.